The van der Waals surface area contributed by atoms with Crippen LogP contribution in [0.15, 0.2) is 0 Å². The molecule has 0 fully saturated rings. The number of esters is 2. The molecular weight excluding hydrogens is 424 g/mol. The SMILES string of the molecule is CCCCCCCCCCC#CCOC(=O)CCCC(=O)OCCCCCCCCCCCC. The maximum absolute atomic E-state index is 11.8. The van der Waals surface area contributed by atoms with Crippen molar-refractivity contribution in [3.05, 3.63) is 0 Å². The Balaban J connectivity index is 3.38. The molecule has 198 valence electrons. The van der Waals surface area contributed by atoms with E-state index in [1.165, 1.54) is 96.3 Å². The maximum Gasteiger partial charge on any atom is 0.306 e. The van der Waals surface area contributed by atoms with Crippen molar-refractivity contribution in [1.82, 2.24) is 0 Å². The Morgan fingerprint density at radius 1 is 0.500 bits per heavy atom. The highest BCUT2D eigenvalue weighted by molar-refractivity contribution is 5.72. The van der Waals surface area contributed by atoms with Crippen molar-refractivity contribution in [2.75, 3.05) is 13.2 Å². The van der Waals surface area contributed by atoms with E-state index in [4.69, 9.17) is 9.47 Å². The van der Waals surface area contributed by atoms with E-state index >= 15 is 0 Å². The Labute approximate surface area is 211 Å². The number of carbonyl (C=O) groups is 2. The number of hydrogen-bond acceptors (Lipinski definition) is 4. The monoisotopic (exact) mass is 478 g/mol. The minimum Gasteiger partial charge on any atom is -0.466 e. The van der Waals surface area contributed by atoms with Crippen LogP contribution in [0, 0.1) is 11.8 Å². The number of rotatable bonds is 24. The van der Waals surface area contributed by atoms with Gasteiger partial charge in [0, 0.05) is 19.3 Å². The summed E-state index contributed by atoms with van der Waals surface area (Å²) in [5.74, 6) is 5.49. The molecule has 0 saturated carbocycles. The Hall–Kier alpha value is -1.50. The largest absolute Gasteiger partial charge is 0.466 e. The Morgan fingerprint density at radius 2 is 0.941 bits per heavy atom. The molecule has 0 unspecified atom stereocenters. The molecular formula is C30H54O4. The lowest BCUT2D eigenvalue weighted by atomic mass is 10.1. The van der Waals surface area contributed by atoms with E-state index < -0.39 is 0 Å². The van der Waals surface area contributed by atoms with Gasteiger partial charge in [0.1, 0.15) is 0 Å². The molecule has 0 rings (SSSR count). The summed E-state index contributed by atoms with van der Waals surface area (Å²) >= 11 is 0. The second-order valence-corrected chi connectivity index (χ2v) is 9.50. The zero-order chi connectivity index (χ0) is 25.0. The highest BCUT2D eigenvalue weighted by atomic mass is 16.5. The molecule has 0 spiro atoms. The van der Waals surface area contributed by atoms with E-state index in [9.17, 15) is 9.59 Å². The third-order valence-corrected chi connectivity index (χ3v) is 6.11. The van der Waals surface area contributed by atoms with Crippen LogP contribution in [0.25, 0.3) is 0 Å². The number of unbranched alkanes of at least 4 members (excludes halogenated alkanes) is 17. The van der Waals surface area contributed by atoms with Crippen LogP contribution in [0.2, 0.25) is 0 Å². The zero-order valence-electron chi connectivity index (χ0n) is 22.6. The first-order chi connectivity index (χ1) is 16.7. The lowest BCUT2D eigenvalue weighted by Gasteiger charge is -2.05. The second kappa shape index (κ2) is 27.7. The highest BCUT2D eigenvalue weighted by Gasteiger charge is 2.07. The summed E-state index contributed by atoms with van der Waals surface area (Å²) in [7, 11) is 0. The van der Waals surface area contributed by atoms with Crippen LogP contribution in [-0.2, 0) is 19.1 Å². The van der Waals surface area contributed by atoms with Gasteiger partial charge in [0.05, 0.1) is 6.61 Å². The van der Waals surface area contributed by atoms with Gasteiger partial charge >= 0.3 is 11.9 Å². The molecule has 0 amide bonds. The van der Waals surface area contributed by atoms with Crippen LogP contribution in [0.5, 0.6) is 0 Å². The van der Waals surface area contributed by atoms with Gasteiger partial charge in [-0.1, -0.05) is 128 Å². The van der Waals surface area contributed by atoms with Crippen LogP contribution < -0.4 is 0 Å². The molecule has 4 nitrogen and oxygen atoms in total. The molecule has 4 heteroatoms. The molecule has 0 atom stereocenters. The molecule has 0 bridgehead atoms. The number of hydrogen-bond donors (Lipinski definition) is 0. The average molecular weight is 479 g/mol. The van der Waals surface area contributed by atoms with E-state index in [2.05, 4.69) is 25.7 Å². The van der Waals surface area contributed by atoms with E-state index in [0.29, 0.717) is 13.0 Å². The van der Waals surface area contributed by atoms with Crippen molar-refractivity contribution in [3.8, 4) is 11.8 Å². The topological polar surface area (TPSA) is 52.6 Å². The smallest absolute Gasteiger partial charge is 0.306 e. The van der Waals surface area contributed by atoms with Crippen molar-refractivity contribution in [2.24, 2.45) is 0 Å². The number of carbonyl (C=O) groups excluding carboxylic acids is 2. The van der Waals surface area contributed by atoms with E-state index in [0.717, 1.165) is 25.7 Å². The predicted octanol–water partition coefficient (Wildman–Crippen LogP) is 8.70. The molecule has 0 radical (unpaired) electrons. The fourth-order valence-corrected chi connectivity index (χ4v) is 3.90. The van der Waals surface area contributed by atoms with Crippen LogP contribution in [0.3, 0.4) is 0 Å². The summed E-state index contributed by atoms with van der Waals surface area (Å²) in [6.07, 6.45) is 24.8. The highest BCUT2D eigenvalue weighted by Crippen LogP contribution is 2.11. The predicted molar refractivity (Wildman–Crippen MR) is 143 cm³/mol. The minimum atomic E-state index is -0.288. The first kappa shape index (κ1) is 32.5. The van der Waals surface area contributed by atoms with E-state index in [1.807, 2.05) is 0 Å². The minimum absolute atomic E-state index is 0.152. The van der Waals surface area contributed by atoms with Gasteiger partial charge in [-0.05, 0) is 19.3 Å². The Bertz CT molecular complexity index is 518. The van der Waals surface area contributed by atoms with Crippen LogP contribution in [-0.4, -0.2) is 25.2 Å². The molecule has 0 aromatic heterocycles. The van der Waals surface area contributed by atoms with Crippen molar-refractivity contribution in [2.45, 2.75) is 155 Å². The van der Waals surface area contributed by atoms with Gasteiger partial charge in [-0.25, -0.2) is 0 Å². The Kier molecular flexibility index (Phi) is 26.5. The summed E-state index contributed by atoms with van der Waals surface area (Å²) in [6, 6.07) is 0. The van der Waals surface area contributed by atoms with Crippen molar-refractivity contribution in [3.63, 3.8) is 0 Å². The first-order valence-electron chi connectivity index (χ1n) is 14.5. The standard InChI is InChI=1S/C30H54O4/c1-3-5-7-9-11-13-15-17-19-21-23-28-34-30(32)26-24-25-29(31)33-27-22-20-18-16-14-12-10-8-6-4-2/h3-20,22,24-28H2,1-2H3. The third-order valence-electron chi connectivity index (χ3n) is 6.11. The van der Waals surface area contributed by atoms with Gasteiger partial charge in [-0.3, -0.25) is 9.59 Å². The van der Waals surface area contributed by atoms with Crippen molar-refractivity contribution in [1.29, 1.82) is 0 Å². The molecule has 0 aliphatic carbocycles. The van der Waals surface area contributed by atoms with Crippen LogP contribution >= 0.6 is 0 Å². The molecule has 0 heterocycles. The maximum atomic E-state index is 11.8. The summed E-state index contributed by atoms with van der Waals surface area (Å²) in [5, 5.41) is 0. The molecule has 0 aromatic carbocycles. The normalized spacial score (nSPS) is 10.5. The summed E-state index contributed by atoms with van der Waals surface area (Å²) in [4.78, 5) is 23.5. The van der Waals surface area contributed by atoms with Gasteiger partial charge in [-0.2, -0.15) is 0 Å². The van der Waals surface area contributed by atoms with E-state index in [-0.39, 0.29) is 31.4 Å². The van der Waals surface area contributed by atoms with Gasteiger partial charge in [-0.15, -0.1) is 0 Å². The molecule has 0 aliphatic rings. The fraction of sp³-hybridized carbons (Fsp3) is 0.867. The Morgan fingerprint density at radius 3 is 1.47 bits per heavy atom. The third kappa shape index (κ3) is 26.7. The fourth-order valence-electron chi connectivity index (χ4n) is 3.90. The van der Waals surface area contributed by atoms with Gasteiger partial charge in [0.2, 0.25) is 0 Å². The average Bonchev–Trinajstić information content (AvgIpc) is 2.83. The summed E-state index contributed by atoms with van der Waals surface area (Å²) < 4.78 is 10.4. The van der Waals surface area contributed by atoms with Crippen molar-refractivity contribution >= 4 is 11.9 Å². The first-order valence-corrected chi connectivity index (χ1v) is 14.5. The zero-order valence-corrected chi connectivity index (χ0v) is 22.6. The quantitative estimate of drug-likeness (QED) is 0.0790. The number of ether oxygens (including phenoxy) is 2. The molecule has 34 heavy (non-hydrogen) atoms. The van der Waals surface area contributed by atoms with Gasteiger partial charge in [0.25, 0.3) is 0 Å². The molecule has 0 N–H and O–H groups in total. The summed E-state index contributed by atoms with van der Waals surface area (Å²) in [6.45, 7) is 5.14. The summed E-state index contributed by atoms with van der Waals surface area (Å²) in [5.41, 5.74) is 0. The van der Waals surface area contributed by atoms with Crippen LogP contribution in [0.4, 0.5) is 0 Å². The lowest BCUT2D eigenvalue weighted by Crippen LogP contribution is -2.09. The lowest BCUT2D eigenvalue weighted by molar-refractivity contribution is -0.145. The molecule has 0 saturated heterocycles. The van der Waals surface area contributed by atoms with E-state index in [1.54, 1.807) is 0 Å². The van der Waals surface area contributed by atoms with Gasteiger partial charge in [0.15, 0.2) is 6.61 Å². The van der Waals surface area contributed by atoms with Crippen molar-refractivity contribution < 1.29 is 19.1 Å². The van der Waals surface area contributed by atoms with Crippen LogP contribution in [0.1, 0.15) is 155 Å². The second-order valence-electron chi connectivity index (χ2n) is 9.50. The van der Waals surface area contributed by atoms with Gasteiger partial charge < -0.3 is 9.47 Å². The molecule has 0 aromatic rings. The molecule has 0 aliphatic heterocycles.